The molecular weight excluding hydrogens is 344 g/mol. The van der Waals surface area contributed by atoms with Gasteiger partial charge in [-0.3, -0.25) is 10.1 Å². The molecule has 10 nitrogen and oxygen atoms in total. The van der Waals surface area contributed by atoms with Crippen molar-refractivity contribution in [2.24, 2.45) is 10.8 Å². The van der Waals surface area contributed by atoms with Crippen molar-refractivity contribution in [2.75, 3.05) is 7.11 Å². The molecule has 0 bridgehead atoms. The summed E-state index contributed by atoms with van der Waals surface area (Å²) in [5.74, 6) is -0.432. The van der Waals surface area contributed by atoms with E-state index in [0.717, 1.165) is 13.2 Å². The third kappa shape index (κ3) is 4.54. The molecule has 0 aromatic heterocycles. The van der Waals surface area contributed by atoms with Gasteiger partial charge in [-0.15, -0.1) is 0 Å². The topological polar surface area (TPSA) is 146 Å². The number of nitro groups is 1. The number of non-ortho nitro benzene ring substituents is 1. The highest BCUT2D eigenvalue weighted by Gasteiger charge is 2.19. The van der Waals surface area contributed by atoms with Gasteiger partial charge in [-0.05, 0) is 18.2 Å². The van der Waals surface area contributed by atoms with E-state index >= 15 is 0 Å². The number of urea groups is 1. The number of hydrogen-bond acceptors (Lipinski definition) is 7. The summed E-state index contributed by atoms with van der Waals surface area (Å²) < 4.78 is 10.3. The van der Waals surface area contributed by atoms with Crippen molar-refractivity contribution in [2.45, 2.75) is 0 Å². The summed E-state index contributed by atoms with van der Waals surface area (Å²) in [5, 5.41) is 14.6. The van der Waals surface area contributed by atoms with E-state index in [1.807, 2.05) is 5.43 Å². The molecule has 0 aliphatic rings. The molecule has 0 saturated heterocycles. The van der Waals surface area contributed by atoms with Gasteiger partial charge in [-0.1, -0.05) is 12.1 Å². The second kappa shape index (κ2) is 8.24. The number of carbonyl (C=O) groups excluding carboxylic acids is 2. The summed E-state index contributed by atoms with van der Waals surface area (Å²) >= 11 is 0. The normalized spacial score (nSPS) is 10.3. The summed E-state index contributed by atoms with van der Waals surface area (Å²) in [6.07, 6.45) is 1.29. The lowest BCUT2D eigenvalue weighted by atomic mass is 10.1. The smallest absolute Gasteiger partial charge is 0.341 e. The monoisotopic (exact) mass is 358 g/mol. The van der Waals surface area contributed by atoms with E-state index in [1.54, 1.807) is 24.3 Å². The number of esters is 1. The van der Waals surface area contributed by atoms with Crippen LogP contribution in [0.1, 0.15) is 15.9 Å². The molecule has 0 atom stereocenters. The highest BCUT2D eigenvalue weighted by Crippen LogP contribution is 2.30. The van der Waals surface area contributed by atoms with Crippen molar-refractivity contribution in [3.63, 3.8) is 0 Å². The number of benzene rings is 2. The third-order valence-corrected chi connectivity index (χ3v) is 3.10. The number of nitrogens with one attached hydrogen (secondary N) is 1. The lowest BCUT2D eigenvalue weighted by Crippen LogP contribution is -2.24. The summed E-state index contributed by atoms with van der Waals surface area (Å²) in [6.45, 7) is 0. The number of para-hydroxylation sites is 1. The molecule has 0 heterocycles. The first kappa shape index (κ1) is 18.4. The number of rotatable bonds is 6. The average Bonchev–Trinajstić information content (AvgIpc) is 2.62. The minimum absolute atomic E-state index is 0.0613. The van der Waals surface area contributed by atoms with E-state index in [-0.39, 0.29) is 17.0 Å². The average molecular weight is 358 g/mol. The number of nitrogens with two attached hydrogens (primary N) is 1. The van der Waals surface area contributed by atoms with E-state index in [9.17, 15) is 19.7 Å². The zero-order chi connectivity index (χ0) is 19.1. The number of nitrogens with zero attached hydrogens (tertiary/aromatic N) is 2. The van der Waals surface area contributed by atoms with Crippen molar-refractivity contribution in [3.8, 4) is 11.5 Å². The number of primary amides is 1. The van der Waals surface area contributed by atoms with Crippen LogP contribution in [-0.2, 0) is 4.74 Å². The van der Waals surface area contributed by atoms with Crippen LogP contribution in [0.2, 0.25) is 0 Å². The molecule has 10 heteroatoms. The molecule has 0 saturated carbocycles. The number of hydrogen-bond donors (Lipinski definition) is 2. The predicted octanol–water partition coefficient (Wildman–Crippen LogP) is 2.18. The minimum Gasteiger partial charge on any atom is -0.465 e. The molecular formula is C16H14N4O6. The van der Waals surface area contributed by atoms with Crippen LogP contribution in [0.4, 0.5) is 10.5 Å². The van der Waals surface area contributed by atoms with Crippen LogP contribution in [0.3, 0.4) is 0 Å². The number of methoxy groups -OCH3 is 1. The van der Waals surface area contributed by atoms with Crippen LogP contribution in [-0.4, -0.2) is 30.2 Å². The highest BCUT2D eigenvalue weighted by molar-refractivity contribution is 5.93. The number of carbonyl (C=O) groups is 2. The quantitative estimate of drug-likeness (QED) is 0.350. The van der Waals surface area contributed by atoms with Gasteiger partial charge in [0.15, 0.2) is 0 Å². The summed E-state index contributed by atoms with van der Waals surface area (Å²) in [4.78, 5) is 32.9. The Morgan fingerprint density at radius 3 is 2.62 bits per heavy atom. The Morgan fingerprint density at radius 2 is 1.96 bits per heavy atom. The zero-order valence-electron chi connectivity index (χ0n) is 13.5. The lowest BCUT2D eigenvalue weighted by molar-refractivity contribution is -0.384. The van der Waals surface area contributed by atoms with Crippen molar-refractivity contribution >= 4 is 23.9 Å². The van der Waals surface area contributed by atoms with Crippen molar-refractivity contribution < 1.29 is 24.0 Å². The van der Waals surface area contributed by atoms with Crippen LogP contribution in [0, 0.1) is 10.1 Å². The van der Waals surface area contributed by atoms with Gasteiger partial charge < -0.3 is 15.2 Å². The van der Waals surface area contributed by atoms with Crippen LogP contribution in [0.15, 0.2) is 47.6 Å². The van der Waals surface area contributed by atoms with Crippen molar-refractivity contribution in [3.05, 3.63) is 63.7 Å². The van der Waals surface area contributed by atoms with Crippen LogP contribution < -0.4 is 15.9 Å². The summed E-state index contributed by atoms with van der Waals surface area (Å²) in [7, 11) is 1.15. The maximum absolute atomic E-state index is 11.9. The lowest BCUT2D eigenvalue weighted by Gasteiger charge is -2.11. The Hall–Kier alpha value is -3.95. The van der Waals surface area contributed by atoms with Crippen molar-refractivity contribution in [1.29, 1.82) is 0 Å². The maximum Gasteiger partial charge on any atom is 0.341 e. The van der Waals surface area contributed by atoms with Gasteiger partial charge in [0.2, 0.25) is 0 Å². The molecule has 0 fully saturated rings. The fourth-order valence-corrected chi connectivity index (χ4v) is 1.95. The highest BCUT2D eigenvalue weighted by atomic mass is 16.6. The standard InChI is InChI=1S/C16H14N4O6/c1-25-15(21)12-8-11(20(23)24)6-7-14(12)26-13-5-3-2-4-10(13)9-18-19-16(17)22/h2-9H,1H3,(H3,17,19,22). The molecule has 0 aliphatic carbocycles. The molecule has 26 heavy (non-hydrogen) atoms. The Morgan fingerprint density at radius 1 is 1.23 bits per heavy atom. The Labute approximate surface area is 147 Å². The minimum atomic E-state index is -0.831. The molecule has 2 aromatic rings. The molecule has 0 aliphatic heterocycles. The molecule has 0 radical (unpaired) electrons. The van der Waals surface area contributed by atoms with E-state index in [4.69, 9.17) is 10.5 Å². The first-order valence-electron chi connectivity index (χ1n) is 7.14. The van der Waals surface area contributed by atoms with Gasteiger partial charge in [-0.2, -0.15) is 5.10 Å². The molecule has 0 spiro atoms. The Kier molecular flexibility index (Phi) is 5.83. The van der Waals surface area contributed by atoms with Crippen molar-refractivity contribution in [1.82, 2.24) is 5.43 Å². The fourth-order valence-electron chi connectivity index (χ4n) is 1.95. The zero-order valence-corrected chi connectivity index (χ0v) is 13.5. The van der Waals surface area contributed by atoms with Gasteiger partial charge >= 0.3 is 12.0 Å². The van der Waals surface area contributed by atoms with E-state index in [2.05, 4.69) is 9.84 Å². The SMILES string of the molecule is COC(=O)c1cc([N+](=O)[O-])ccc1Oc1ccccc1C=NNC(N)=O. The second-order valence-corrected chi connectivity index (χ2v) is 4.80. The van der Waals surface area contributed by atoms with Crippen LogP contribution in [0.25, 0.3) is 0 Å². The van der Waals surface area contributed by atoms with Crippen LogP contribution in [0.5, 0.6) is 11.5 Å². The number of ether oxygens (including phenoxy) is 2. The molecule has 2 aromatic carbocycles. The molecule has 2 rings (SSSR count). The van der Waals surface area contributed by atoms with E-state index in [1.165, 1.54) is 18.3 Å². The first-order chi connectivity index (χ1) is 12.4. The van der Waals surface area contributed by atoms with Crippen LogP contribution >= 0.6 is 0 Å². The number of hydrazone groups is 1. The van der Waals surface area contributed by atoms with Gasteiger partial charge in [-0.25, -0.2) is 15.0 Å². The largest absolute Gasteiger partial charge is 0.465 e. The predicted molar refractivity (Wildman–Crippen MR) is 91.3 cm³/mol. The first-order valence-corrected chi connectivity index (χ1v) is 7.14. The molecule has 2 amide bonds. The fraction of sp³-hybridized carbons (Fsp3) is 0.0625. The molecule has 134 valence electrons. The summed E-state index contributed by atoms with van der Waals surface area (Å²) in [5.41, 5.74) is 7.05. The van der Waals surface area contributed by atoms with Gasteiger partial charge in [0.25, 0.3) is 5.69 Å². The number of nitro benzene ring substituents is 1. The summed E-state index contributed by atoms with van der Waals surface area (Å²) in [6, 6.07) is 9.34. The Balaban J connectivity index is 2.39. The Bertz CT molecular complexity index is 881. The van der Waals surface area contributed by atoms with Gasteiger partial charge in [0.1, 0.15) is 17.1 Å². The van der Waals surface area contributed by atoms with E-state index in [0.29, 0.717) is 11.3 Å². The molecule has 0 unspecified atom stereocenters. The second-order valence-electron chi connectivity index (χ2n) is 4.80. The maximum atomic E-state index is 11.9. The number of amides is 2. The molecule has 3 N–H and O–H groups in total. The van der Waals surface area contributed by atoms with E-state index < -0.39 is 16.9 Å². The van der Waals surface area contributed by atoms with Gasteiger partial charge in [0.05, 0.1) is 18.2 Å². The van der Waals surface area contributed by atoms with Gasteiger partial charge in [0, 0.05) is 17.7 Å². The third-order valence-electron chi connectivity index (χ3n) is 3.10.